The fourth-order valence-corrected chi connectivity index (χ4v) is 4.53. The van der Waals surface area contributed by atoms with Gasteiger partial charge in [-0.2, -0.15) is 5.10 Å². The summed E-state index contributed by atoms with van der Waals surface area (Å²) in [6.07, 6.45) is 0.569. The van der Waals surface area contributed by atoms with E-state index in [1.165, 1.54) is 19.2 Å². The maximum Gasteiger partial charge on any atom is 0.281 e. The molecule has 4 rings (SSSR count). The first-order valence-corrected chi connectivity index (χ1v) is 11.5. The molecule has 2 aromatic carbocycles. The van der Waals surface area contributed by atoms with Crippen LogP contribution in [0.3, 0.4) is 0 Å². The number of hydrazone groups is 1. The monoisotopic (exact) mass is 482 g/mol. The Bertz CT molecular complexity index is 1160. The smallest absolute Gasteiger partial charge is 0.281 e. The highest BCUT2D eigenvalue weighted by Gasteiger charge is 2.34. The van der Waals surface area contributed by atoms with Gasteiger partial charge in [-0.3, -0.25) is 4.79 Å². The molecule has 9 heteroatoms. The largest absolute Gasteiger partial charge is 0.493 e. The van der Waals surface area contributed by atoms with E-state index in [9.17, 15) is 4.79 Å². The first kappa shape index (κ1) is 23.4. The van der Waals surface area contributed by atoms with Crippen LogP contribution in [0.4, 0.5) is 0 Å². The number of hydrogen-bond donors (Lipinski definition) is 0. The third-order valence-corrected chi connectivity index (χ3v) is 6.41. The van der Waals surface area contributed by atoms with Crippen molar-refractivity contribution in [1.82, 2.24) is 5.01 Å². The molecule has 1 aliphatic rings. The molecular weight excluding hydrogens is 456 g/mol. The number of thiophene rings is 1. The van der Waals surface area contributed by atoms with Gasteiger partial charge in [-0.15, -0.1) is 11.3 Å². The summed E-state index contributed by atoms with van der Waals surface area (Å²) in [5, 5.41) is 8.16. The van der Waals surface area contributed by atoms with E-state index in [1.54, 1.807) is 43.8 Å². The summed E-state index contributed by atoms with van der Waals surface area (Å²) < 4.78 is 27.4. The minimum Gasteiger partial charge on any atom is -0.493 e. The molecule has 0 saturated carbocycles. The third kappa shape index (κ3) is 4.65. The van der Waals surface area contributed by atoms with Gasteiger partial charge in [-0.25, -0.2) is 5.01 Å². The molecule has 1 atom stereocenters. The zero-order valence-electron chi connectivity index (χ0n) is 19.4. The van der Waals surface area contributed by atoms with E-state index in [1.807, 2.05) is 35.7 Å². The number of methoxy groups -OCH3 is 4. The lowest BCUT2D eigenvalue weighted by Crippen LogP contribution is -2.31. The lowest BCUT2D eigenvalue weighted by molar-refractivity contribution is -0.135. The van der Waals surface area contributed by atoms with Crippen molar-refractivity contribution in [2.75, 3.05) is 35.0 Å². The van der Waals surface area contributed by atoms with E-state index in [0.717, 1.165) is 16.2 Å². The molecule has 1 unspecified atom stereocenters. The van der Waals surface area contributed by atoms with Gasteiger partial charge >= 0.3 is 0 Å². The lowest BCUT2D eigenvalue weighted by Gasteiger charge is -2.23. The summed E-state index contributed by atoms with van der Waals surface area (Å²) in [5.74, 6) is 2.24. The molecule has 0 aliphatic carbocycles. The van der Waals surface area contributed by atoms with Crippen LogP contribution in [0, 0.1) is 0 Å². The van der Waals surface area contributed by atoms with Gasteiger partial charge in [-0.05, 0) is 41.3 Å². The quantitative estimate of drug-likeness (QED) is 0.446. The van der Waals surface area contributed by atoms with Crippen molar-refractivity contribution in [2.45, 2.75) is 12.5 Å². The Balaban J connectivity index is 1.62. The predicted molar refractivity (Wildman–Crippen MR) is 130 cm³/mol. The van der Waals surface area contributed by atoms with Crippen LogP contribution in [0.1, 0.15) is 22.9 Å². The third-order valence-electron chi connectivity index (χ3n) is 5.49. The summed E-state index contributed by atoms with van der Waals surface area (Å²) in [7, 11) is 6.24. The molecule has 3 aromatic rings. The molecule has 0 spiro atoms. The maximum absolute atomic E-state index is 13.4. The van der Waals surface area contributed by atoms with E-state index < -0.39 is 0 Å². The van der Waals surface area contributed by atoms with Crippen molar-refractivity contribution in [2.24, 2.45) is 5.10 Å². The van der Waals surface area contributed by atoms with Crippen LogP contribution in [0.15, 0.2) is 59.0 Å². The highest BCUT2D eigenvalue weighted by atomic mass is 32.1. The number of rotatable bonds is 9. The normalized spacial score (nSPS) is 15.0. The van der Waals surface area contributed by atoms with E-state index >= 15 is 0 Å². The number of carbonyl (C=O) groups excluding carboxylic acids is 1. The average Bonchev–Trinajstić information content (AvgIpc) is 3.57. The fraction of sp³-hybridized carbons (Fsp3) is 0.280. The standard InChI is InChI=1S/C25H26N2O6S/c1-29-19-11-10-16(13-22(19)32-4)18-14-17(23-9-6-12-34-23)26-27(18)24(28)15-33-25-20(30-2)7-5-8-21(25)31-3/h5-13,18H,14-15H2,1-4H3. The number of hydrogen-bond acceptors (Lipinski definition) is 8. The molecule has 178 valence electrons. The van der Waals surface area contributed by atoms with E-state index in [4.69, 9.17) is 23.7 Å². The van der Waals surface area contributed by atoms with Gasteiger partial charge in [0.25, 0.3) is 5.91 Å². The zero-order chi connectivity index (χ0) is 24.1. The molecule has 2 heterocycles. The second kappa shape index (κ2) is 10.5. The molecule has 0 saturated heterocycles. The lowest BCUT2D eigenvalue weighted by atomic mass is 10.0. The van der Waals surface area contributed by atoms with Crippen molar-refractivity contribution in [3.8, 4) is 28.7 Å². The molecule has 1 aliphatic heterocycles. The Morgan fingerprint density at radius 1 is 0.941 bits per heavy atom. The Morgan fingerprint density at radius 3 is 2.26 bits per heavy atom. The van der Waals surface area contributed by atoms with Gasteiger partial charge in [0, 0.05) is 6.42 Å². The average molecular weight is 483 g/mol. The minimum atomic E-state index is -0.312. The second-order valence-electron chi connectivity index (χ2n) is 7.38. The van der Waals surface area contributed by atoms with Crippen LogP contribution in [0.5, 0.6) is 28.7 Å². The van der Waals surface area contributed by atoms with Crippen molar-refractivity contribution < 1.29 is 28.5 Å². The van der Waals surface area contributed by atoms with Crippen molar-refractivity contribution in [1.29, 1.82) is 0 Å². The summed E-state index contributed by atoms with van der Waals surface area (Å²) in [6, 6.07) is 14.6. The van der Waals surface area contributed by atoms with Gasteiger partial charge in [-0.1, -0.05) is 18.2 Å². The number of benzene rings is 2. The Kier molecular flexibility index (Phi) is 7.22. The molecule has 1 amide bonds. The number of nitrogens with zero attached hydrogens (tertiary/aromatic N) is 2. The summed E-state index contributed by atoms with van der Waals surface area (Å²) >= 11 is 1.59. The van der Waals surface area contributed by atoms with Gasteiger partial charge in [0.1, 0.15) is 0 Å². The van der Waals surface area contributed by atoms with Crippen LogP contribution in [0.25, 0.3) is 0 Å². The molecule has 34 heavy (non-hydrogen) atoms. The topological polar surface area (TPSA) is 78.8 Å². The SMILES string of the molecule is COc1ccc(C2CC(c3cccs3)=NN2C(=O)COc2c(OC)cccc2OC)cc1OC. The predicted octanol–water partition coefficient (Wildman–Crippen LogP) is 4.54. The van der Waals surface area contributed by atoms with E-state index in [2.05, 4.69) is 5.10 Å². The van der Waals surface area contributed by atoms with Crippen molar-refractivity contribution >= 4 is 23.0 Å². The number of carbonyl (C=O) groups is 1. The fourth-order valence-electron chi connectivity index (χ4n) is 3.81. The van der Waals surface area contributed by atoms with Crippen molar-refractivity contribution in [3.05, 3.63) is 64.4 Å². The Morgan fingerprint density at radius 2 is 1.65 bits per heavy atom. The van der Waals surface area contributed by atoms with Crippen LogP contribution in [-0.4, -0.2) is 51.7 Å². The number of para-hydroxylation sites is 1. The summed E-state index contributed by atoms with van der Waals surface area (Å²) in [4.78, 5) is 14.4. The first-order chi connectivity index (χ1) is 16.6. The van der Waals surface area contributed by atoms with Crippen molar-refractivity contribution in [3.63, 3.8) is 0 Å². The van der Waals surface area contributed by atoms with Crippen LogP contribution >= 0.6 is 11.3 Å². The molecule has 0 bridgehead atoms. The number of ether oxygens (including phenoxy) is 5. The van der Waals surface area contributed by atoms with Gasteiger partial charge in [0.15, 0.2) is 29.6 Å². The highest BCUT2D eigenvalue weighted by Crippen LogP contribution is 2.39. The number of amides is 1. The summed E-state index contributed by atoms with van der Waals surface area (Å²) in [6.45, 7) is -0.234. The molecule has 0 N–H and O–H groups in total. The van der Waals surface area contributed by atoms with E-state index in [0.29, 0.717) is 35.2 Å². The molecule has 0 radical (unpaired) electrons. The Hall–Kier alpha value is -3.72. The molecule has 0 fully saturated rings. The van der Waals surface area contributed by atoms with Crippen LogP contribution in [0.2, 0.25) is 0 Å². The Labute approximate surface area is 202 Å². The van der Waals surface area contributed by atoms with Gasteiger partial charge in [0.05, 0.1) is 45.1 Å². The first-order valence-electron chi connectivity index (χ1n) is 10.6. The van der Waals surface area contributed by atoms with E-state index in [-0.39, 0.29) is 18.6 Å². The van der Waals surface area contributed by atoms with Crippen LogP contribution < -0.4 is 23.7 Å². The highest BCUT2D eigenvalue weighted by molar-refractivity contribution is 7.12. The maximum atomic E-state index is 13.4. The second-order valence-corrected chi connectivity index (χ2v) is 8.32. The minimum absolute atomic E-state index is 0.234. The van der Waals surface area contributed by atoms with Crippen LogP contribution in [-0.2, 0) is 4.79 Å². The summed E-state index contributed by atoms with van der Waals surface area (Å²) in [5.41, 5.74) is 1.73. The molecule has 8 nitrogen and oxygen atoms in total. The zero-order valence-corrected chi connectivity index (χ0v) is 20.3. The molecule has 1 aromatic heterocycles. The van der Waals surface area contributed by atoms with Gasteiger partial charge < -0.3 is 23.7 Å². The van der Waals surface area contributed by atoms with Gasteiger partial charge in [0.2, 0.25) is 5.75 Å². The molecular formula is C25H26N2O6S.